The molecule has 3 amide bonds. The van der Waals surface area contributed by atoms with E-state index in [2.05, 4.69) is 5.32 Å². The highest BCUT2D eigenvalue weighted by Gasteiger charge is 2.35. The van der Waals surface area contributed by atoms with E-state index in [-0.39, 0.29) is 34.7 Å². The van der Waals surface area contributed by atoms with Gasteiger partial charge in [0.2, 0.25) is 5.91 Å². The number of nitrogens with one attached hydrogen (secondary N) is 1. The molecule has 7 nitrogen and oxygen atoms in total. The molecule has 9 heteroatoms. The molecule has 0 unspecified atom stereocenters. The lowest BCUT2D eigenvalue weighted by Gasteiger charge is -2.14. The van der Waals surface area contributed by atoms with Crippen LogP contribution >= 0.6 is 0 Å². The molecule has 1 aliphatic rings. The van der Waals surface area contributed by atoms with E-state index in [9.17, 15) is 27.2 Å². The molecule has 0 atom stereocenters. The third-order valence-electron chi connectivity index (χ3n) is 4.33. The second-order valence-electron chi connectivity index (χ2n) is 6.52. The Balaban J connectivity index is 1.69. The van der Waals surface area contributed by atoms with Gasteiger partial charge in [-0.05, 0) is 37.3 Å². The first-order chi connectivity index (χ1) is 13.1. The normalized spacial score (nSPS) is 13.6. The molecular weight excluding hydrogens is 387 g/mol. The molecule has 0 aromatic heterocycles. The van der Waals surface area contributed by atoms with Gasteiger partial charge in [0.15, 0.2) is 9.84 Å². The maximum absolute atomic E-state index is 13.9. The van der Waals surface area contributed by atoms with Gasteiger partial charge in [0.1, 0.15) is 5.82 Å². The number of sulfone groups is 1. The highest BCUT2D eigenvalue weighted by Crippen LogP contribution is 2.24. The van der Waals surface area contributed by atoms with Crippen LogP contribution in [0.3, 0.4) is 0 Å². The number of imide groups is 1. The molecule has 0 bridgehead atoms. The summed E-state index contributed by atoms with van der Waals surface area (Å²) >= 11 is 0. The summed E-state index contributed by atoms with van der Waals surface area (Å²) in [4.78, 5) is 37.7. The summed E-state index contributed by atoms with van der Waals surface area (Å²) in [5.74, 6) is -2.42. The number of carbonyl (C=O) groups is 3. The molecule has 1 aliphatic heterocycles. The van der Waals surface area contributed by atoms with Crippen LogP contribution in [-0.2, 0) is 14.6 Å². The van der Waals surface area contributed by atoms with E-state index in [1.54, 1.807) is 25.1 Å². The summed E-state index contributed by atoms with van der Waals surface area (Å²) in [7, 11) is -3.57. The average Bonchev–Trinajstić information content (AvgIpc) is 2.84. The van der Waals surface area contributed by atoms with Gasteiger partial charge < -0.3 is 5.32 Å². The molecule has 0 radical (unpaired) electrons. The number of amides is 3. The Labute approximate surface area is 161 Å². The Kier molecular flexibility index (Phi) is 5.03. The van der Waals surface area contributed by atoms with Gasteiger partial charge in [0.25, 0.3) is 11.8 Å². The topological polar surface area (TPSA) is 101 Å². The number of hydrogen-bond acceptors (Lipinski definition) is 5. The van der Waals surface area contributed by atoms with Gasteiger partial charge in [-0.25, -0.2) is 12.8 Å². The lowest BCUT2D eigenvalue weighted by Crippen LogP contribution is -2.33. The molecule has 1 heterocycles. The Hall–Kier alpha value is -3.07. The molecule has 0 spiro atoms. The lowest BCUT2D eigenvalue weighted by molar-refractivity contribution is -0.116. The first kappa shape index (κ1) is 19.7. The molecule has 0 fully saturated rings. The van der Waals surface area contributed by atoms with Crippen molar-refractivity contribution in [3.63, 3.8) is 0 Å². The van der Waals surface area contributed by atoms with Gasteiger partial charge in [0, 0.05) is 19.2 Å². The zero-order chi connectivity index (χ0) is 20.6. The van der Waals surface area contributed by atoms with Crippen molar-refractivity contribution in [2.24, 2.45) is 0 Å². The van der Waals surface area contributed by atoms with E-state index in [1.165, 1.54) is 0 Å². The fraction of sp³-hybridized carbons (Fsp3) is 0.211. The van der Waals surface area contributed by atoms with Crippen LogP contribution in [0.2, 0.25) is 0 Å². The highest BCUT2D eigenvalue weighted by molar-refractivity contribution is 7.90. The van der Waals surface area contributed by atoms with Crippen LogP contribution in [0.15, 0.2) is 41.3 Å². The molecule has 28 heavy (non-hydrogen) atoms. The van der Waals surface area contributed by atoms with E-state index >= 15 is 0 Å². The predicted octanol–water partition coefficient (Wildman–Crippen LogP) is 2.16. The van der Waals surface area contributed by atoms with Gasteiger partial charge in [-0.3, -0.25) is 19.3 Å². The predicted molar refractivity (Wildman–Crippen MR) is 99.3 cm³/mol. The number of benzene rings is 2. The second kappa shape index (κ2) is 7.16. The van der Waals surface area contributed by atoms with E-state index in [1.807, 2.05) is 0 Å². The number of anilines is 1. The largest absolute Gasteiger partial charge is 0.324 e. The zero-order valence-corrected chi connectivity index (χ0v) is 16.0. The van der Waals surface area contributed by atoms with Gasteiger partial charge >= 0.3 is 0 Å². The third kappa shape index (κ3) is 3.79. The number of carbonyl (C=O) groups excluding carboxylic acids is 3. The van der Waals surface area contributed by atoms with Crippen LogP contribution in [0.4, 0.5) is 10.1 Å². The van der Waals surface area contributed by atoms with Crippen LogP contribution in [-0.4, -0.2) is 43.8 Å². The number of hydrogen-bond donors (Lipinski definition) is 1. The van der Waals surface area contributed by atoms with E-state index in [0.29, 0.717) is 0 Å². The number of halogens is 1. The third-order valence-corrected chi connectivity index (χ3v) is 5.44. The zero-order valence-electron chi connectivity index (χ0n) is 15.2. The number of nitrogens with zero attached hydrogens (tertiary/aromatic N) is 1. The molecule has 0 aliphatic carbocycles. The maximum Gasteiger partial charge on any atom is 0.261 e. The van der Waals surface area contributed by atoms with Crippen molar-refractivity contribution in [2.75, 3.05) is 18.1 Å². The van der Waals surface area contributed by atoms with Crippen molar-refractivity contribution in [1.82, 2.24) is 4.90 Å². The highest BCUT2D eigenvalue weighted by atomic mass is 32.2. The smallest absolute Gasteiger partial charge is 0.261 e. The van der Waals surface area contributed by atoms with Crippen LogP contribution in [0.5, 0.6) is 0 Å². The van der Waals surface area contributed by atoms with Crippen molar-refractivity contribution < 1.29 is 27.2 Å². The Morgan fingerprint density at radius 3 is 2.43 bits per heavy atom. The summed E-state index contributed by atoms with van der Waals surface area (Å²) in [6.07, 6.45) is 0.711. The summed E-state index contributed by atoms with van der Waals surface area (Å²) in [6.45, 7) is 1.62. The van der Waals surface area contributed by atoms with Crippen molar-refractivity contribution in [1.29, 1.82) is 0 Å². The molecule has 2 aromatic rings. The van der Waals surface area contributed by atoms with Crippen LogP contribution in [0, 0.1) is 12.7 Å². The molecule has 1 N–H and O–H groups in total. The minimum Gasteiger partial charge on any atom is -0.324 e. The first-order valence-corrected chi connectivity index (χ1v) is 10.2. The average molecular weight is 404 g/mol. The summed E-state index contributed by atoms with van der Waals surface area (Å²) in [6, 6.07) is 7.96. The summed E-state index contributed by atoms with van der Waals surface area (Å²) in [5, 5.41) is 2.28. The Bertz CT molecular complexity index is 1110. The molecule has 0 saturated heterocycles. The van der Waals surface area contributed by atoms with Crippen molar-refractivity contribution in [3.05, 3.63) is 58.9 Å². The monoisotopic (exact) mass is 404 g/mol. The van der Waals surface area contributed by atoms with E-state index < -0.39 is 33.4 Å². The summed E-state index contributed by atoms with van der Waals surface area (Å²) < 4.78 is 37.0. The quantitative estimate of drug-likeness (QED) is 0.608. The van der Waals surface area contributed by atoms with Gasteiger partial charge in [-0.15, -0.1) is 0 Å². The SMILES string of the molecule is Cc1ccc2c(c1)C(=O)N(CCC(=O)Nc1cc(S(C)(=O)=O)ccc1F)C2=O. The van der Waals surface area contributed by atoms with Crippen molar-refractivity contribution in [3.8, 4) is 0 Å². The van der Waals surface area contributed by atoms with E-state index in [0.717, 1.165) is 34.9 Å². The van der Waals surface area contributed by atoms with Gasteiger partial charge in [0.05, 0.1) is 21.7 Å². The molecular formula is C19H17FN2O5S. The first-order valence-electron chi connectivity index (χ1n) is 8.34. The van der Waals surface area contributed by atoms with Crippen molar-refractivity contribution >= 4 is 33.2 Å². The molecule has 0 saturated carbocycles. The van der Waals surface area contributed by atoms with Gasteiger partial charge in [-0.2, -0.15) is 0 Å². The van der Waals surface area contributed by atoms with E-state index in [4.69, 9.17) is 0 Å². The van der Waals surface area contributed by atoms with Crippen LogP contribution in [0.25, 0.3) is 0 Å². The van der Waals surface area contributed by atoms with Crippen LogP contribution in [0.1, 0.15) is 32.7 Å². The number of rotatable bonds is 5. The minimum atomic E-state index is -3.57. The van der Waals surface area contributed by atoms with Crippen molar-refractivity contribution in [2.45, 2.75) is 18.2 Å². The Morgan fingerprint density at radius 1 is 1.07 bits per heavy atom. The van der Waals surface area contributed by atoms with Gasteiger partial charge in [-0.1, -0.05) is 11.6 Å². The number of fused-ring (bicyclic) bond motifs is 1. The minimum absolute atomic E-state index is 0.139. The lowest BCUT2D eigenvalue weighted by atomic mass is 10.1. The fourth-order valence-electron chi connectivity index (χ4n) is 2.86. The Morgan fingerprint density at radius 2 is 1.75 bits per heavy atom. The molecule has 2 aromatic carbocycles. The van der Waals surface area contributed by atoms with Crippen LogP contribution < -0.4 is 5.32 Å². The number of aryl methyl sites for hydroxylation is 1. The molecule has 146 valence electrons. The second-order valence-corrected chi connectivity index (χ2v) is 8.54. The molecule has 3 rings (SSSR count). The maximum atomic E-state index is 13.9. The fourth-order valence-corrected chi connectivity index (χ4v) is 3.51. The summed E-state index contributed by atoms with van der Waals surface area (Å²) in [5.41, 5.74) is 1.12. The standard InChI is InChI=1S/C19H17FN2O5S/c1-11-3-5-13-14(9-11)19(25)22(18(13)24)8-7-17(23)21-16-10-12(28(2,26)27)4-6-15(16)20/h3-6,9-10H,7-8H2,1-2H3,(H,21,23).